The number of amides is 1. The third-order valence-electron chi connectivity index (χ3n) is 5.33. The maximum atomic E-state index is 13.0. The van der Waals surface area contributed by atoms with Gasteiger partial charge in [0.2, 0.25) is 11.7 Å². The van der Waals surface area contributed by atoms with Gasteiger partial charge in [-0.25, -0.2) is 10.4 Å². The number of carbonyl (C=O) groups excluding carboxylic acids is 1. The average Bonchev–Trinajstić information content (AvgIpc) is 3.45. The SMILES string of the molecule is CCOc1ccc(C2CC3C(=O)N(Cc4nc(-c5ccccc5)no4)N=CN3N2)cc1. The minimum atomic E-state index is -0.342. The van der Waals surface area contributed by atoms with Crippen molar-refractivity contribution in [3.8, 4) is 17.1 Å². The van der Waals surface area contributed by atoms with Crippen LogP contribution in [0.3, 0.4) is 0 Å². The Labute approximate surface area is 179 Å². The summed E-state index contributed by atoms with van der Waals surface area (Å²) in [5, 5.41) is 11.4. The third-order valence-corrected chi connectivity index (χ3v) is 5.33. The summed E-state index contributed by atoms with van der Waals surface area (Å²) in [6.45, 7) is 2.72. The molecule has 3 aromatic rings. The number of rotatable bonds is 6. The van der Waals surface area contributed by atoms with Gasteiger partial charge < -0.3 is 9.26 Å². The molecule has 1 N–H and O–H groups in total. The lowest BCUT2D eigenvalue weighted by Crippen LogP contribution is -2.50. The highest BCUT2D eigenvalue weighted by Crippen LogP contribution is 2.31. The van der Waals surface area contributed by atoms with E-state index in [4.69, 9.17) is 9.26 Å². The van der Waals surface area contributed by atoms with E-state index in [9.17, 15) is 4.79 Å². The summed E-state index contributed by atoms with van der Waals surface area (Å²) in [6.07, 6.45) is 2.27. The Morgan fingerprint density at radius 2 is 1.97 bits per heavy atom. The van der Waals surface area contributed by atoms with Crippen molar-refractivity contribution < 1.29 is 14.1 Å². The number of nitrogens with zero attached hydrogens (tertiary/aromatic N) is 5. The molecule has 1 aromatic heterocycles. The number of hydrogen-bond donors (Lipinski definition) is 1. The first kappa shape index (κ1) is 19.3. The average molecular weight is 418 g/mol. The van der Waals surface area contributed by atoms with Crippen LogP contribution in [-0.2, 0) is 11.3 Å². The van der Waals surface area contributed by atoms with E-state index in [1.807, 2.05) is 61.5 Å². The van der Waals surface area contributed by atoms with Crippen LogP contribution in [0.1, 0.15) is 30.8 Å². The molecule has 0 spiro atoms. The van der Waals surface area contributed by atoms with Crippen molar-refractivity contribution in [1.82, 2.24) is 25.6 Å². The van der Waals surface area contributed by atoms with E-state index in [1.165, 1.54) is 5.01 Å². The minimum absolute atomic E-state index is 0.0177. The van der Waals surface area contributed by atoms with Crippen LogP contribution in [0.2, 0.25) is 0 Å². The summed E-state index contributed by atoms with van der Waals surface area (Å²) < 4.78 is 10.8. The van der Waals surface area contributed by atoms with Crippen molar-refractivity contribution in [3.63, 3.8) is 0 Å². The van der Waals surface area contributed by atoms with Crippen LogP contribution >= 0.6 is 0 Å². The van der Waals surface area contributed by atoms with Crippen molar-refractivity contribution in [2.45, 2.75) is 32.0 Å². The van der Waals surface area contributed by atoms with Gasteiger partial charge in [0.15, 0.2) is 0 Å². The molecule has 9 heteroatoms. The number of carbonyl (C=O) groups is 1. The number of hydrazine groups is 1. The summed E-state index contributed by atoms with van der Waals surface area (Å²) >= 11 is 0. The molecule has 2 unspecified atom stereocenters. The molecule has 5 rings (SSSR count). The maximum Gasteiger partial charge on any atom is 0.267 e. The van der Waals surface area contributed by atoms with E-state index >= 15 is 0 Å². The summed E-state index contributed by atoms with van der Waals surface area (Å²) in [5.74, 6) is 1.55. The summed E-state index contributed by atoms with van der Waals surface area (Å²) in [7, 11) is 0. The van der Waals surface area contributed by atoms with E-state index in [0.717, 1.165) is 16.9 Å². The Hall–Kier alpha value is -3.72. The van der Waals surface area contributed by atoms with E-state index in [-0.39, 0.29) is 24.5 Å². The molecule has 2 aliphatic rings. The Morgan fingerprint density at radius 1 is 1.16 bits per heavy atom. The number of fused-ring (bicyclic) bond motifs is 1. The number of hydrogen-bond acceptors (Lipinski definition) is 8. The Balaban J connectivity index is 1.25. The van der Waals surface area contributed by atoms with Gasteiger partial charge in [0.05, 0.1) is 12.6 Å². The van der Waals surface area contributed by atoms with Gasteiger partial charge in [0.25, 0.3) is 5.91 Å². The summed E-state index contributed by atoms with van der Waals surface area (Å²) in [6, 6.07) is 17.2. The lowest BCUT2D eigenvalue weighted by Gasteiger charge is -2.29. The molecule has 2 aliphatic heterocycles. The second-order valence-electron chi connectivity index (χ2n) is 7.35. The summed E-state index contributed by atoms with van der Waals surface area (Å²) in [5.41, 5.74) is 5.29. The van der Waals surface area contributed by atoms with Crippen molar-refractivity contribution in [1.29, 1.82) is 0 Å². The van der Waals surface area contributed by atoms with Crippen LogP contribution in [0.25, 0.3) is 11.4 Å². The van der Waals surface area contributed by atoms with E-state index in [2.05, 4.69) is 20.7 Å². The van der Waals surface area contributed by atoms with Gasteiger partial charge in [-0.15, -0.1) is 0 Å². The van der Waals surface area contributed by atoms with E-state index < -0.39 is 0 Å². The number of nitrogens with one attached hydrogen (secondary N) is 1. The zero-order valence-corrected chi connectivity index (χ0v) is 17.0. The van der Waals surface area contributed by atoms with Gasteiger partial charge >= 0.3 is 0 Å². The van der Waals surface area contributed by atoms with Crippen LogP contribution in [0.4, 0.5) is 0 Å². The highest BCUT2D eigenvalue weighted by Gasteiger charge is 2.41. The zero-order valence-electron chi connectivity index (χ0n) is 17.0. The normalized spacial score (nSPS) is 20.2. The molecule has 1 amide bonds. The molecule has 3 heterocycles. The molecule has 1 fully saturated rings. The van der Waals surface area contributed by atoms with Gasteiger partial charge in [0, 0.05) is 5.56 Å². The van der Waals surface area contributed by atoms with Crippen LogP contribution in [0.5, 0.6) is 5.75 Å². The largest absolute Gasteiger partial charge is 0.494 e. The topological polar surface area (TPSA) is 96.1 Å². The Morgan fingerprint density at radius 3 is 2.74 bits per heavy atom. The van der Waals surface area contributed by atoms with Gasteiger partial charge in [-0.2, -0.15) is 10.1 Å². The molecule has 1 saturated heterocycles. The summed E-state index contributed by atoms with van der Waals surface area (Å²) in [4.78, 5) is 17.4. The van der Waals surface area contributed by atoms with Crippen LogP contribution < -0.4 is 10.2 Å². The number of hydrazone groups is 1. The van der Waals surface area contributed by atoms with Crippen molar-refractivity contribution >= 4 is 12.2 Å². The van der Waals surface area contributed by atoms with E-state index in [0.29, 0.717) is 24.7 Å². The standard InChI is InChI=1S/C22H22N6O3/c1-2-30-17-10-8-15(9-11-17)18-12-19-22(29)27(23-14-28(19)25-18)13-20-24-21(26-31-20)16-6-4-3-5-7-16/h3-11,14,18-19,25H,2,12-13H2,1H3. The number of aromatic nitrogens is 2. The fourth-order valence-corrected chi connectivity index (χ4v) is 3.78. The van der Waals surface area contributed by atoms with Gasteiger partial charge in [-0.05, 0) is 31.0 Å². The first-order valence-electron chi connectivity index (χ1n) is 10.2. The van der Waals surface area contributed by atoms with Crippen molar-refractivity contribution in [2.24, 2.45) is 5.10 Å². The maximum absolute atomic E-state index is 13.0. The quantitative estimate of drug-likeness (QED) is 0.657. The van der Waals surface area contributed by atoms with Crippen molar-refractivity contribution in [3.05, 3.63) is 66.1 Å². The molecule has 0 bridgehead atoms. The minimum Gasteiger partial charge on any atom is -0.494 e. The van der Waals surface area contributed by atoms with E-state index in [1.54, 1.807) is 11.3 Å². The second-order valence-corrected chi connectivity index (χ2v) is 7.35. The lowest BCUT2D eigenvalue weighted by molar-refractivity contribution is -0.137. The molecular weight excluding hydrogens is 396 g/mol. The van der Waals surface area contributed by atoms with Gasteiger partial charge in [-0.1, -0.05) is 47.6 Å². The molecule has 0 aliphatic carbocycles. The molecular formula is C22H22N6O3. The van der Waals surface area contributed by atoms with Gasteiger partial charge in [-0.3, -0.25) is 9.80 Å². The monoisotopic (exact) mass is 418 g/mol. The van der Waals surface area contributed by atoms with Crippen LogP contribution in [-0.4, -0.2) is 45.1 Å². The lowest BCUT2D eigenvalue weighted by atomic mass is 10.0. The third kappa shape index (κ3) is 3.87. The fraction of sp³-hybridized carbons (Fsp3) is 0.273. The smallest absolute Gasteiger partial charge is 0.267 e. The number of ether oxygens (including phenoxy) is 1. The highest BCUT2D eigenvalue weighted by atomic mass is 16.5. The molecule has 0 saturated carbocycles. The van der Waals surface area contributed by atoms with Crippen molar-refractivity contribution in [2.75, 3.05) is 6.61 Å². The van der Waals surface area contributed by atoms with Crippen LogP contribution in [0, 0.1) is 0 Å². The molecule has 158 valence electrons. The molecule has 2 atom stereocenters. The molecule has 9 nitrogen and oxygen atoms in total. The second kappa shape index (κ2) is 8.19. The Bertz CT molecular complexity index is 1080. The Kier molecular flexibility index (Phi) is 5.09. The predicted octanol–water partition coefficient (Wildman–Crippen LogP) is 2.74. The first-order chi connectivity index (χ1) is 15.2. The fourth-order valence-electron chi connectivity index (χ4n) is 3.78. The predicted molar refractivity (Wildman–Crippen MR) is 113 cm³/mol. The zero-order chi connectivity index (χ0) is 21.2. The first-order valence-corrected chi connectivity index (χ1v) is 10.2. The molecule has 0 radical (unpaired) electrons. The van der Waals surface area contributed by atoms with Crippen LogP contribution in [0.15, 0.2) is 64.2 Å². The van der Waals surface area contributed by atoms with Gasteiger partial charge in [0.1, 0.15) is 24.7 Å². The molecule has 31 heavy (non-hydrogen) atoms. The number of benzene rings is 2. The molecule has 2 aromatic carbocycles. The highest BCUT2D eigenvalue weighted by molar-refractivity contribution is 5.87.